The molecule has 1 N–H and O–H groups in total. The highest BCUT2D eigenvalue weighted by Crippen LogP contribution is 2.09. The molecule has 1 aromatic heterocycles. The molecule has 0 radical (unpaired) electrons. The van der Waals surface area contributed by atoms with E-state index in [0.717, 1.165) is 12.1 Å². The Kier molecular flexibility index (Phi) is 4.30. The van der Waals surface area contributed by atoms with Crippen LogP contribution in [-0.4, -0.2) is 22.2 Å². The van der Waals surface area contributed by atoms with Gasteiger partial charge in [-0.2, -0.15) is 5.10 Å². The third-order valence-electron chi connectivity index (χ3n) is 3.42. The fourth-order valence-corrected chi connectivity index (χ4v) is 2.28. The Bertz CT molecular complexity index is 736. The first-order valence-corrected chi connectivity index (χ1v) is 7.25. The van der Waals surface area contributed by atoms with E-state index in [-0.39, 0.29) is 5.91 Å². The SMILES string of the molecule is O=C(NCCc1ccccc1)c1cccc(-n2cccn2)c1. The van der Waals surface area contributed by atoms with E-state index in [2.05, 4.69) is 22.5 Å². The van der Waals surface area contributed by atoms with Gasteiger partial charge in [-0.15, -0.1) is 0 Å². The Hall–Kier alpha value is -2.88. The molecule has 1 heterocycles. The second kappa shape index (κ2) is 6.72. The Balaban J connectivity index is 1.62. The van der Waals surface area contributed by atoms with Crippen LogP contribution in [0.25, 0.3) is 5.69 Å². The van der Waals surface area contributed by atoms with Gasteiger partial charge in [0.05, 0.1) is 5.69 Å². The lowest BCUT2D eigenvalue weighted by atomic mass is 10.1. The first-order valence-electron chi connectivity index (χ1n) is 7.25. The van der Waals surface area contributed by atoms with Gasteiger partial charge in [0.25, 0.3) is 5.91 Å². The van der Waals surface area contributed by atoms with Gasteiger partial charge in [0.1, 0.15) is 0 Å². The molecule has 0 aliphatic heterocycles. The van der Waals surface area contributed by atoms with Gasteiger partial charge < -0.3 is 5.32 Å². The zero-order valence-electron chi connectivity index (χ0n) is 12.1. The summed E-state index contributed by atoms with van der Waals surface area (Å²) in [5.74, 6) is -0.0649. The zero-order valence-corrected chi connectivity index (χ0v) is 12.1. The summed E-state index contributed by atoms with van der Waals surface area (Å²) in [7, 11) is 0. The molecule has 2 aromatic carbocycles. The van der Waals surface area contributed by atoms with Crippen LogP contribution in [0.15, 0.2) is 73.1 Å². The van der Waals surface area contributed by atoms with Gasteiger partial charge in [0, 0.05) is 24.5 Å². The van der Waals surface area contributed by atoms with Crippen molar-refractivity contribution in [3.05, 3.63) is 84.2 Å². The number of nitrogens with one attached hydrogen (secondary N) is 1. The van der Waals surface area contributed by atoms with Crippen LogP contribution in [0.1, 0.15) is 15.9 Å². The lowest BCUT2D eigenvalue weighted by Gasteiger charge is -2.07. The molecule has 1 amide bonds. The summed E-state index contributed by atoms with van der Waals surface area (Å²) in [6.45, 7) is 0.620. The van der Waals surface area contributed by atoms with E-state index < -0.39 is 0 Å². The van der Waals surface area contributed by atoms with Crippen molar-refractivity contribution in [1.82, 2.24) is 15.1 Å². The summed E-state index contributed by atoms with van der Waals surface area (Å²) in [5, 5.41) is 7.13. The highest BCUT2D eigenvalue weighted by atomic mass is 16.1. The number of aromatic nitrogens is 2. The molecular weight excluding hydrogens is 274 g/mol. The molecule has 0 aliphatic carbocycles. The number of carbonyl (C=O) groups excluding carboxylic acids is 1. The van der Waals surface area contributed by atoms with Crippen molar-refractivity contribution in [3.8, 4) is 5.69 Å². The van der Waals surface area contributed by atoms with Gasteiger partial charge in [-0.25, -0.2) is 4.68 Å². The van der Waals surface area contributed by atoms with Crippen LogP contribution in [-0.2, 0) is 6.42 Å². The molecule has 3 rings (SSSR count). The minimum absolute atomic E-state index is 0.0649. The van der Waals surface area contributed by atoms with Gasteiger partial charge in [0.2, 0.25) is 0 Å². The van der Waals surface area contributed by atoms with Crippen LogP contribution >= 0.6 is 0 Å². The van der Waals surface area contributed by atoms with Gasteiger partial charge in [-0.3, -0.25) is 4.79 Å². The van der Waals surface area contributed by atoms with Crippen LogP contribution in [0.2, 0.25) is 0 Å². The maximum absolute atomic E-state index is 12.2. The molecule has 4 heteroatoms. The van der Waals surface area contributed by atoms with E-state index in [9.17, 15) is 4.79 Å². The standard InChI is InChI=1S/C18H17N3O/c22-18(19-12-10-15-6-2-1-3-7-15)16-8-4-9-17(14-16)21-13-5-11-20-21/h1-9,11,13-14H,10,12H2,(H,19,22). The topological polar surface area (TPSA) is 46.9 Å². The summed E-state index contributed by atoms with van der Waals surface area (Å²) in [5.41, 5.74) is 2.73. The monoisotopic (exact) mass is 291 g/mol. The predicted molar refractivity (Wildman–Crippen MR) is 86.0 cm³/mol. The van der Waals surface area contributed by atoms with Crippen molar-refractivity contribution in [2.24, 2.45) is 0 Å². The highest BCUT2D eigenvalue weighted by molar-refractivity contribution is 5.94. The third kappa shape index (κ3) is 3.41. The summed E-state index contributed by atoms with van der Waals surface area (Å²) in [4.78, 5) is 12.2. The van der Waals surface area contributed by atoms with E-state index in [0.29, 0.717) is 12.1 Å². The Morgan fingerprint density at radius 3 is 2.68 bits per heavy atom. The maximum Gasteiger partial charge on any atom is 0.251 e. The Morgan fingerprint density at radius 2 is 1.91 bits per heavy atom. The van der Waals surface area contributed by atoms with E-state index in [1.54, 1.807) is 10.9 Å². The number of amides is 1. The van der Waals surface area contributed by atoms with E-state index in [1.807, 2.05) is 54.7 Å². The van der Waals surface area contributed by atoms with Crippen molar-refractivity contribution < 1.29 is 4.79 Å². The number of hydrogen-bond donors (Lipinski definition) is 1. The quantitative estimate of drug-likeness (QED) is 0.785. The molecule has 3 aromatic rings. The predicted octanol–water partition coefficient (Wildman–Crippen LogP) is 2.84. The van der Waals surface area contributed by atoms with Crippen molar-refractivity contribution in [2.45, 2.75) is 6.42 Å². The molecule has 0 atom stereocenters. The third-order valence-corrected chi connectivity index (χ3v) is 3.42. The summed E-state index contributed by atoms with van der Waals surface area (Å²) < 4.78 is 1.74. The largest absolute Gasteiger partial charge is 0.352 e. The molecule has 110 valence electrons. The minimum Gasteiger partial charge on any atom is -0.352 e. The fraction of sp³-hybridized carbons (Fsp3) is 0.111. The van der Waals surface area contributed by atoms with E-state index >= 15 is 0 Å². The van der Waals surface area contributed by atoms with Crippen LogP contribution in [0.5, 0.6) is 0 Å². The highest BCUT2D eigenvalue weighted by Gasteiger charge is 2.06. The Labute approximate surface area is 129 Å². The fourth-order valence-electron chi connectivity index (χ4n) is 2.28. The second-order valence-corrected chi connectivity index (χ2v) is 4.99. The molecule has 0 saturated carbocycles. The maximum atomic E-state index is 12.2. The summed E-state index contributed by atoms with van der Waals surface area (Å²) in [6, 6.07) is 19.4. The van der Waals surface area contributed by atoms with Crippen molar-refractivity contribution in [1.29, 1.82) is 0 Å². The zero-order chi connectivity index (χ0) is 15.2. The van der Waals surface area contributed by atoms with Crippen molar-refractivity contribution >= 4 is 5.91 Å². The normalized spacial score (nSPS) is 10.4. The number of carbonyl (C=O) groups is 1. The summed E-state index contributed by atoms with van der Waals surface area (Å²) in [6.07, 6.45) is 4.39. The molecule has 4 nitrogen and oxygen atoms in total. The molecular formula is C18H17N3O. The Morgan fingerprint density at radius 1 is 1.05 bits per heavy atom. The number of benzene rings is 2. The van der Waals surface area contributed by atoms with Gasteiger partial charge >= 0.3 is 0 Å². The lowest BCUT2D eigenvalue weighted by molar-refractivity contribution is 0.0954. The first-order chi connectivity index (χ1) is 10.8. The second-order valence-electron chi connectivity index (χ2n) is 4.99. The molecule has 22 heavy (non-hydrogen) atoms. The minimum atomic E-state index is -0.0649. The lowest BCUT2D eigenvalue weighted by Crippen LogP contribution is -2.25. The number of nitrogens with zero attached hydrogens (tertiary/aromatic N) is 2. The summed E-state index contributed by atoms with van der Waals surface area (Å²) >= 11 is 0. The van der Waals surface area contributed by atoms with E-state index in [1.165, 1.54) is 5.56 Å². The number of rotatable bonds is 5. The van der Waals surface area contributed by atoms with Crippen LogP contribution in [0.3, 0.4) is 0 Å². The van der Waals surface area contributed by atoms with Crippen LogP contribution in [0.4, 0.5) is 0 Å². The smallest absolute Gasteiger partial charge is 0.251 e. The van der Waals surface area contributed by atoms with Crippen molar-refractivity contribution in [3.63, 3.8) is 0 Å². The molecule has 0 unspecified atom stereocenters. The molecule has 0 aliphatic rings. The van der Waals surface area contributed by atoms with Gasteiger partial charge in [0.15, 0.2) is 0 Å². The molecule has 0 fully saturated rings. The molecule has 0 saturated heterocycles. The average molecular weight is 291 g/mol. The van der Waals surface area contributed by atoms with E-state index in [4.69, 9.17) is 0 Å². The number of hydrogen-bond acceptors (Lipinski definition) is 2. The molecule has 0 spiro atoms. The van der Waals surface area contributed by atoms with Crippen molar-refractivity contribution in [2.75, 3.05) is 6.54 Å². The van der Waals surface area contributed by atoms with Gasteiger partial charge in [-0.05, 0) is 36.2 Å². The molecule has 0 bridgehead atoms. The first kappa shape index (κ1) is 14.1. The average Bonchev–Trinajstić information content (AvgIpc) is 3.10. The van der Waals surface area contributed by atoms with Crippen LogP contribution in [0, 0.1) is 0 Å². The van der Waals surface area contributed by atoms with Gasteiger partial charge in [-0.1, -0.05) is 36.4 Å². The van der Waals surface area contributed by atoms with Crippen LogP contribution < -0.4 is 5.32 Å².